The summed E-state index contributed by atoms with van der Waals surface area (Å²) in [5.74, 6) is -3.40. The van der Waals surface area contributed by atoms with Gasteiger partial charge in [-0.05, 0) is 66.2 Å². The van der Waals surface area contributed by atoms with Crippen molar-refractivity contribution in [2.45, 2.75) is 4.90 Å². The number of hydrogen-bond acceptors (Lipinski definition) is 4. The molecule has 0 saturated carbocycles. The molecule has 1 amide bonds. The first-order valence-electron chi connectivity index (χ1n) is 9.08. The van der Waals surface area contributed by atoms with E-state index in [-0.39, 0.29) is 11.4 Å². The summed E-state index contributed by atoms with van der Waals surface area (Å²) in [5.41, 5.74) is 0.980. The Labute approximate surface area is 182 Å². The van der Waals surface area contributed by atoms with E-state index in [0.29, 0.717) is 17.3 Å². The average molecular weight is 462 g/mol. The summed E-state index contributed by atoms with van der Waals surface area (Å²) in [5, 5.41) is 2.57. The highest BCUT2D eigenvalue weighted by Crippen LogP contribution is 2.21. The van der Waals surface area contributed by atoms with Crippen molar-refractivity contribution in [2.24, 2.45) is 0 Å². The summed E-state index contributed by atoms with van der Waals surface area (Å²) in [6.45, 7) is 0. The Balaban J connectivity index is 1.63. The lowest BCUT2D eigenvalue weighted by atomic mass is 10.2. The second kappa shape index (κ2) is 9.56. The Kier molecular flexibility index (Phi) is 6.84. The molecule has 6 nitrogen and oxygen atoms in total. The molecular weight excluding hydrogens is 445 g/mol. The van der Waals surface area contributed by atoms with Gasteiger partial charge in [0.1, 0.15) is 0 Å². The summed E-state index contributed by atoms with van der Waals surface area (Å²) < 4.78 is 71.7. The maximum absolute atomic E-state index is 13.7. The number of halogens is 3. The van der Waals surface area contributed by atoms with Crippen LogP contribution < -0.4 is 14.8 Å². The third kappa shape index (κ3) is 5.67. The van der Waals surface area contributed by atoms with Gasteiger partial charge in [0, 0.05) is 17.5 Å². The van der Waals surface area contributed by atoms with Gasteiger partial charge in [-0.3, -0.25) is 9.52 Å². The van der Waals surface area contributed by atoms with Crippen LogP contribution in [0.25, 0.3) is 6.08 Å². The minimum atomic E-state index is -4.13. The molecule has 0 spiro atoms. The largest absolute Gasteiger partial charge is 0.494 e. The predicted octanol–water partition coefficient (Wildman–Crippen LogP) is 4.57. The molecule has 166 valence electrons. The van der Waals surface area contributed by atoms with Crippen molar-refractivity contribution in [2.75, 3.05) is 17.1 Å². The SMILES string of the molecule is COc1ccc(C=CC(=O)Nc2ccc(NS(=O)(=O)c3ccc(F)c(F)c3)cc2)cc1F. The fraction of sp³-hybridized carbons (Fsp3) is 0.0455. The molecule has 0 unspecified atom stereocenters. The number of amides is 1. The number of rotatable bonds is 7. The van der Waals surface area contributed by atoms with Crippen LogP contribution in [0.1, 0.15) is 5.56 Å². The number of anilines is 2. The normalized spacial score (nSPS) is 11.4. The van der Waals surface area contributed by atoms with Crippen molar-refractivity contribution in [3.8, 4) is 5.75 Å². The van der Waals surface area contributed by atoms with Crippen molar-refractivity contribution in [1.29, 1.82) is 0 Å². The standard InChI is InChI=1S/C22H17F3N2O4S/c1-31-21-10-2-14(12-20(21)25)3-11-22(28)26-15-4-6-16(7-5-15)27-32(29,30)17-8-9-18(23)19(24)13-17/h2-13,27H,1H3,(H,26,28). The number of methoxy groups -OCH3 is 1. The maximum Gasteiger partial charge on any atom is 0.261 e. The first-order chi connectivity index (χ1) is 15.2. The number of nitrogens with one attached hydrogen (secondary N) is 2. The van der Waals surface area contributed by atoms with Gasteiger partial charge in [-0.1, -0.05) is 6.07 Å². The lowest BCUT2D eigenvalue weighted by Crippen LogP contribution is -2.13. The Morgan fingerprint density at radius 3 is 2.19 bits per heavy atom. The van der Waals surface area contributed by atoms with Crippen LogP contribution in [-0.4, -0.2) is 21.4 Å². The second-order valence-electron chi connectivity index (χ2n) is 6.48. The van der Waals surface area contributed by atoms with Gasteiger partial charge >= 0.3 is 0 Å². The zero-order chi connectivity index (χ0) is 23.3. The van der Waals surface area contributed by atoms with Gasteiger partial charge in [0.15, 0.2) is 23.2 Å². The van der Waals surface area contributed by atoms with E-state index in [4.69, 9.17) is 4.74 Å². The van der Waals surface area contributed by atoms with Crippen molar-refractivity contribution in [1.82, 2.24) is 0 Å². The van der Waals surface area contributed by atoms with Crippen LogP contribution in [0.3, 0.4) is 0 Å². The first kappa shape index (κ1) is 22.9. The van der Waals surface area contributed by atoms with E-state index in [1.54, 1.807) is 6.07 Å². The van der Waals surface area contributed by atoms with E-state index in [2.05, 4.69) is 10.0 Å². The first-order valence-corrected chi connectivity index (χ1v) is 10.6. The molecule has 0 heterocycles. The van der Waals surface area contributed by atoms with Gasteiger partial charge in [0.05, 0.1) is 12.0 Å². The third-order valence-electron chi connectivity index (χ3n) is 4.21. The lowest BCUT2D eigenvalue weighted by molar-refractivity contribution is -0.111. The quantitative estimate of drug-likeness (QED) is 0.504. The van der Waals surface area contributed by atoms with E-state index >= 15 is 0 Å². The second-order valence-corrected chi connectivity index (χ2v) is 8.16. The summed E-state index contributed by atoms with van der Waals surface area (Å²) in [6, 6.07) is 12.1. The molecule has 0 saturated heterocycles. The molecule has 2 N–H and O–H groups in total. The molecular formula is C22H17F3N2O4S. The van der Waals surface area contributed by atoms with Crippen LogP contribution in [0.4, 0.5) is 24.5 Å². The molecule has 0 aliphatic heterocycles. The van der Waals surface area contributed by atoms with E-state index in [1.165, 1.54) is 55.7 Å². The van der Waals surface area contributed by atoms with Gasteiger partial charge in [-0.2, -0.15) is 0 Å². The summed E-state index contributed by atoms with van der Waals surface area (Å²) in [4.78, 5) is 11.6. The van der Waals surface area contributed by atoms with Crippen LogP contribution in [-0.2, 0) is 14.8 Å². The number of benzene rings is 3. The molecule has 0 aromatic heterocycles. The van der Waals surface area contributed by atoms with E-state index < -0.39 is 38.3 Å². The molecule has 3 rings (SSSR count). The summed E-state index contributed by atoms with van der Waals surface area (Å²) >= 11 is 0. The topological polar surface area (TPSA) is 84.5 Å². The highest BCUT2D eigenvalue weighted by atomic mass is 32.2. The molecule has 10 heteroatoms. The number of carbonyl (C=O) groups is 1. The Morgan fingerprint density at radius 2 is 1.56 bits per heavy atom. The smallest absolute Gasteiger partial charge is 0.261 e. The third-order valence-corrected chi connectivity index (χ3v) is 5.59. The molecule has 0 aliphatic rings. The lowest BCUT2D eigenvalue weighted by Gasteiger charge is -2.09. The molecule has 3 aromatic carbocycles. The number of ether oxygens (including phenoxy) is 1. The van der Waals surface area contributed by atoms with E-state index in [1.807, 2.05) is 0 Å². The van der Waals surface area contributed by atoms with Crippen molar-refractivity contribution in [3.05, 3.63) is 89.8 Å². The number of carbonyl (C=O) groups excluding carboxylic acids is 1. The average Bonchev–Trinajstić information content (AvgIpc) is 2.75. The van der Waals surface area contributed by atoms with Gasteiger partial charge in [-0.15, -0.1) is 0 Å². The van der Waals surface area contributed by atoms with Crippen LogP contribution >= 0.6 is 0 Å². The van der Waals surface area contributed by atoms with Gasteiger partial charge in [-0.25, -0.2) is 21.6 Å². The van der Waals surface area contributed by atoms with Gasteiger partial charge in [0.2, 0.25) is 5.91 Å². The fourth-order valence-electron chi connectivity index (χ4n) is 2.62. The zero-order valence-corrected chi connectivity index (χ0v) is 17.4. The van der Waals surface area contributed by atoms with Crippen molar-refractivity contribution >= 4 is 33.4 Å². The summed E-state index contributed by atoms with van der Waals surface area (Å²) in [6.07, 6.45) is 2.63. The van der Waals surface area contributed by atoms with E-state index in [0.717, 1.165) is 12.1 Å². The Morgan fingerprint density at radius 1 is 0.875 bits per heavy atom. The molecule has 0 aliphatic carbocycles. The van der Waals surface area contributed by atoms with E-state index in [9.17, 15) is 26.4 Å². The molecule has 0 atom stereocenters. The van der Waals surface area contributed by atoms with Gasteiger partial charge < -0.3 is 10.1 Å². The molecule has 0 fully saturated rings. The molecule has 0 radical (unpaired) electrons. The molecule has 3 aromatic rings. The fourth-order valence-corrected chi connectivity index (χ4v) is 3.69. The number of hydrogen-bond donors (Lipinski definition) is 2. The Hall–Kier alpha value is -3.79. The van der Waals surface area contributed by atoms with Crippen molar-refractivity contribution < 1.29 is 31.1 Å². The Bertz CT molecular complexity index is 1280. The van der Waals surface area contributed by atoms with Crippen LogP contribution in [0, 0.1) is 17.5 Å². The highest BCUT2D eigenvalue weighted by molar-refractivity contribution is 7.92. The predicted molar refractivity (Wildman–Crippen MR) is 114 cm³/mol. The maximum atomic E-state index is 13.7. The number of sulfonamides is 1. The van der Waals surface area contributed by atoms with Gasteiger partial charge in [0.25, 0.3) is 10.0 Å². The minimum absolute atomic E-state index is 0.0897. The van der Waals surface area contributed by atoms with Crippen LogP contribution in [0.2, 0.25) is 0 Å². The minimum Gasteiger partial charge on any atom is -0.494 e. The van der Waals surface area contributed by atoms with Crippen LogP contribution in [0.15, 0.2) is 71.6 Å². The summed E-state index contributed by atoms with van der Waals surface area (Å²) in [7, 11) is -2.78. The molecule has 0 bridgehead atoms. The van der Waals surface area contributed by atoms with Crippen molar-refractivity contribution in [3.63, 3.8) is 0 Å². The van der Waals surface area contributed by atoms with Crippen LogP contribution in [0.5, 0.6) is 5.75 Å². The highest BCUT2D eigenvalue weighted by Gasteiger charge is 2.16. The monoisotopic (exact) mass is 462 g/mol. The zero-order valence-electron chi connectivity index (χ0n) is 16.6. The molecule has 32 heavy (non-hydrogen) atoms.